The van der Waals surface area contributed by atoms with Crippen LogP contribution in [0.2, 0.25) is 0 Å². The van der Waals surface area contributed by atoms with E-state index < -0.39 is 6.04 Å². The number of rotatable bonds is 5. The maximum atomic E-state index is 13.3. The van der Waals surface area contributed by atoms with Gasteiger partial charge < -0.3 is 24.7 Å². The summed E-state index contributed by atoms with van der Waals surface area (Å²) in [6.07, 6.45) is 6.84. The fourth-order valence-corrected chi connectivity index (χ4v) is 4.62. The van der Waals surface area contributed by atoms with Crippen LogP contribution in [0.25, 0.3) is 11.4 Å². The molecule has 0 aliphatic carbocycles. The minimum atomic E-state index is -0.686. The topological polar surface area (TPSA) is 97.7 Å². The molecule has 212 valence electrons. The first kappa shape index (κ1) is 28.9. The Morgan fingerprint density at radius 3 is 2.75 bits per heavy atom. The van der Waals surface area contributed by atoms with Crippen molar-refractivity contribution < 1.29 is 19.1 Å². The van der Waals surface area contributed by atoms with Crippen LogP contribution in [0.4, 0.5) is 0 Å². The molecule has 1 aliphatic rings. The Kier molecular flexibility index (Phi) is 10.3. The van der Waals surface area contributed by atoms with E-state index >= 15 is 0 Å². The number of nitrogens with zero attached hydrogens (tertiary/aromatic N) is 3. The molecule has 0 saturated carbocycles. The zero-order valence-electron chi connectivity index (χ0n) is 23.6. The Morgan fingerprint density at radius 2 is 1.98 bits per heavy atom. The van der Waals surface area contributed by atoms with Gasteiger partial charge in [-0.15, -0.1) is 0 Å². The summed E-state index contributed by atoms with van der Waals surface area (Å²) in [6.45, 7) is 6.90. The lowest BCUT2D eigenvalue weighted by Gasteiger charge is -2.24. The molecule has 2 amide bonds. The van der Waals surface area contributed by atoms with Crippen molar-refractivity contribution >= 4 is 11.8 Å². The summed E-state index contributed by atoms with van der Waals surface area (Å²) in [5, 5.41) is 6.01. The molecule has 2 aromatic carbocycles. The summed E-state index contributed by atoms with van der Waals surface area (Å²) < 4.78 is 13.7. The van der Waals surface area contributed by atoms with E-state index in [4.69, 9.17) is 9.47 Å². The number of ether oxygens (including phenoxy) is 2. The number of methoxy groups -OCH3 is 1. The summed E-state index contributed by atoms with van der Waals surface area (Å²) >= 11 is 0. The smallest absolute Gasteiger partial charge is 0.242 e. The van der Waals surface area contributed by atoms with Crippen molar-refractivity contribution in [1.29, 1.82) is 0 Å². The summed E-state index contributed by atoms with van der Waals surface area (Å²) in [5.74, 6) is 1.66. The second-order valence-corrected chi connectivity index (χ2v) is 10.1. The van der Waals surface area contributed by atoms with E-state index in [0.717, 1.165) is 17.0 Å². The van der Waals surface area contributed by atoms with Gasteiger partial charge in [0.2, 0.25) is 11.8 Å². The molecule has 40 heavy (non-hydrogen) atoms. The standard InChI is InChI=1S/C31H39N5O4/c1-23(2)12-16-35-15-7-19-40-28-21-25(10-11-27(28)39-3)30-32-13-17-36(30)18-14-33-31(38)26(34-29(37)22-35)20-24-8-5-4-6-9-24/h4-6,8-13,17,21,26H,7,14-16,18-20,22H2,1-3H3,(H,33,38)(H,34,37)/t26-/m0/s1. The molecule has 0 fully saturated rings. The number of carbonyl (C=O) groups is 2. The lowest BCUT2D eigenvalue weighted by Crippen LogP contribution is -2.51. The van der Waals surface area contributed by atoms with Gasteiger partial charge in [0.25, 0.3) is 0 Å². The minimum absolute atomic E-state index is 0.180. The van der Waals surface area contributed by atoms with Crippen molar-refractivity contribution in [2.75, 3.05) is 39.9 Å². The molecule has 9 heteroatoms. The monoisotopic (exact) mass is 545 g/mol. The van der Waals surface area contributed by atoms with Crippen LogP contribution in [-0.4, -0.2) is 72.2 Å². The fraction of sp³-hybridized carbons (Fsp3) is 0.387. The van der Waals surface area contributed by atoms with Gasteiger partial charge in [-0.3, -0.25) is 14.5 Å². The van der Waals surface area contributed by atoms with Crippen molar-refractivity contribution in [3.05, 3.63) is 78.1 Å². The average Bonchev–Trinajstić information content (AvgIpc) is 3.42. The zero-order chi connectivity index (χ0) is 28.3. The molecule has 1 aliphatic heterocycles. The number of benzene rings is 2. The summed E-state index contributed by atoms with van der Waals surface area (Å²) in [7, 11) is 1.62. The third kappa shape index (κ3) is 8.19. The molecule has 2 bridgehead atoms. The van der Waals surface area contributed by atoms with Crippen LogP contribution in [0.15, 0.2) is 72.6 Å². The zero-order valence-corrected chi connectivity index (χ0v) is 23.6. The first-order chi connectivity index (χ1) is 19.4. The molecular formula is C31H39N5O4. The van der Waals surface area contributed by atoms with E-state index in [9.17, 15) is 9.59 Å². The van der Waals surface area contributed by atoms with Crippen LogP contribution in [-0.2, 0) is 22.6 Å². The maximum Gasteiger partial charge on any atom is 0.242 e. The van der Waals surface area contributed by atoms with E-state index in [1.807, 2.05) is 73.1 Å². The van der Waals surface area contributed by atoms with Gasteiger partial charge in [0.1, 0.15) is 11.9 Å². The highest BCUT2D eigenvalue weighted by Gasteiger charge is 2.22. The van der Waals surface area contributed by atoms with Crippen LogP contribution in [0, 0.1) is 0 Å². The number of imidazole rings is 1. The van der Waals surface area contributed by atoms with Crippen molar-refractivity contribution in [3.8, 4) is 22.9 Å². The van der Waals surface area contributed by atoms with Gasteiger partial charge in [-0.25, -0.2) is 4.98 Å². The van der Waals surface area contributed by atoms with Gasteiger partial charge >= 0.3 is 0 Å². The van der Waals surface area contributed by atoms with Gasteiger partial charge in [-0.1, -0.05) is 42.0 Å². The Bertz CT molecular complexity index is 1300. The van der Waals surface area contributed by atoms with E-state index in [1.54, 1.807) is 13.3 Å². The second kappa shape index (κ2) is 14.3. The van der Waals surface area contributed by atoms with Gasteiger partial charge in [0.15, 0.2) is 11.5 Å². The van der Waals surface area contributed by atoms with Crippen LogP contribution in [0.1, 0.15) is 25.8 Å². The van der Waals surface area contributed by atoms with Crippen molar-refractivity contribution in [3.63, 3.8) is 0 Å². The number of fused-ring (bicyclic) bond motifs is 4. The van der Waals surface area contributed by atoms with Crippen LogP contribution < -0.4 is 20.1 Å². The fourth-order valence-electron chi connectivity index (χ4n) is 4.62. The Labute approximate surface area is 236 Å². The highest BCUT2D eigenvalue weighted by molar-refractivity contribution is 5.88. The predicted molar refractivity (Wildman–Crippen MR) is 155 cm³/mol. The molecule has 9 nitrogen and oxygen atoms in total. The highest BCUT2D eigenvalue weighted by atomic mass is 16.5. The second-order valence-electron chi connectivity index (χ2n) is 10.1. The maximum absolute atomic E-state index is 13.3. The molecule has 0 saturated heterocycles. The van der Waals surface area contributed by atoms with Gasteiger partial charge in [-0.05, 0) is 44.0 Å². The third-order valence-corrected chi connectivity index (χ3v) is 6.72. The van der Waals surface area contributed by atoms with E-state index in [2.05, 4.69) is 26.6 Å². The molecule has 2 heterocycles. The van der Waals surface area contributed by atoms with Crippen molar-refractivity contribution in [2.45, 2.75) is 39.3 Å². The lowest BCUT2D eigenvalue weighted by molar-refractivity contribution is -0.129. The Morgan fingerprint density at radius 1 is 1.15 bits per heavy atom. The quantitative estimate of drug-likeness (QED) is 0.477. The number of hydrogen-bond donors (Lipinski definition) is 2. The third-order valence-electron chi connectivity index (χ3n) is 6.72. The predicted octanol–water partition coefficient (Wildman–Crippen LogP) is 3.45. The van der Waals surface area contributed by atoms with Crippen LogP contribution in [0.3, 0.4) is 0 Å². The molecule has 2 N–H and O–H groups in total. The lowest BCUT2D eigenvalue weighted by atomic mass is 10.1. The first-order valence-electron chi connectivity index (χ1n) is 13.7. The van der Waals surface area contributed by atoms with E-state index in [0.29, 0.717) is 57.1 Å². The number of carbonyl (C=O) groups excluding carboxylic acids is 2. The highest BCUT2D eigenvalue weighted by Crippen LogP contribution is 2.32. The van der Waals surface area contributed by atoms with Gasteiger partial charge in [0, 0.05) is 50.6 Å². The average molecular weight is 546 g/mol. The van der Waals surface area contributed by atoms with E-state index in [1.165, 1.54) is 5.57 Å². The number of nitrogens with one attached hydrogen (secondary N) is 2. The summed E-state index contributed by atoms with van der Waals surface area (Å²) in [6, 6.07) is 14.8. The van der Waals surface area contributed by atoms with Crippen molar-refractivity contribution in [1.82, 2.24) is 25.1 Å². The minimum Gasteiger partial charge on any atom is -0.493 e. The number of amides is 2. The SMILES string of the molecule is COc1ccc2cc1OCCCN(CC=C(C)C)CC(=O)N[C@@H](Cc1ccccc1)C(=O)NCCn1ccnc1-2. The Balaban J connectivity index is 1.59. The molecule has 4 rings (SSSR count). The molecule has 3 aromatic rings. The number of hydrogen-bond acceptors (Lipinski definition) is 6. The van der Waals surface area contributed by atoms with Gasteiger partial charge in [0.05, 0.1) is 20.3 Å². The normalized spacial score (nSPS) is 17.3. The molecule has 0 radical (unpaired) electrons. The first-order valence-corrected chi connectivity index (χ1v) is 13.7. The molecule has 1 aromatic heterocycles. The summed E-state index contributed by atoms with van der Waals surface area (Å²) in [4.78, 5) is 33.1. The van der Waals surface area contributed by atoms with Gasteiger partial charge in [-0.2, -0.15) is 0 Å². The number of allylic oxidation sites excluding steroid dienone is 1. The molecule has 1 atom stereocenters. The molecule has 0 unspecified atom stereocenters. The van der Waals surface area contributed by atoms with Crippen LogP contribution in [0.5, 0.6) is 11.5 Å². The molecular weight excluding hydrogens is 506 g/mol. The van der Waals surface area contributed by atoms with Crippen molar-refractivity contribution in [2.24, 2.45) is 0 Å². The largest absolute Gasteiger partial charge is 0.493 e. The molecule has 0 spiro atoms. The summed E-state index contributed by atoms with van der Waals surface area (Å²) in [5.41, 5.74) is 3.06. The van der Waals surface area contributed by atoms with E-state index in [-0.39, 0.29) is 18.4 Å². The number of aromatic nitrogens is 2. The van der Waals surface area contributed by atoms with Crippen LogP contribution >= 0.6 is 0 Å². The Hall–Kier alpha value is -4.11.